The van der Waals surface area contributed by atoms with Gasteiger partial charge in [-0.1, -0.05) is 0 Å². The minimum Gasteiger partial charge on any atom is -0.338 e. The first-order chi connectivity index (χ1) is 9.28. The maximum Gasteiger partial charge on any atom is 0.317 e. The molecule has 0 bridgehead atoms. The first kappa shape index (κ1) is 12.8. The van der Waals surface area contributed by atoms with Crippen LogP contribution in [0.3, 0.4) is 0 Å². The molecule has 2 amide bonds. The van der Waals surface area contributed by atoms with Gasteiger partial charge in [-0.05, 0) is 32.6 Å². The Hall–Kier alpha value is -1.17. The molecule has 1 N–H and O–H groups in total. The van der Waals surface area contributed by atoms with Crippen molar-refractivity contribution in [2.75, 3.05) is 19.6 Å². The minimum absolute atomic E-state index is 0.0666. The summed E-state index contributed by atoms with van der Waals surface area (Å²) in [4.78, 5) is 13.6. The number of rotatable bonds is 3. The van der Waals surface area contributed by atoms with E-state index in [4.69, 9.17) is 0 Å². The van der Waals surface area contributed by atoms with Crippen LogP contribution in [0.2, 0.25) is 0 Å². The highest BCUT2D eigenvalue weighted by Crippen LogP contribution is 2.42. The summed E-state index contributed by atoms with van der Waals surface area (Å²) in [5.41, 5.74) is 0. The number of urea groups is 1. The highest BCUT2D eigenvalue weighted by atomic mass is 32.1. The number of nitrogens with zero attached hydrogens (tertiary/aromatic N) is 3. The lowest BCUT2D eigenvalue weighted by molar-refractivity contribution is 0.182. The first-order valence-corrected chi connectivity index (χ1v) is 7.95. The molecule has 0 unspecified atom stereocenters. The van der Waals surface area contributed by atoms with Crippen molar-refractivity contribution in [2.45, 2.75) is 44.4 Å². The zero-order valence-corrected chi connectivity index (χ0v) is 12.1. The maximum absolute atomic E-state index is 11.7. The van der Waals surface area contributed by atoms with Gasteiger partial charge in [0.25, 0.3) is 0 Å². The molecule has 3 rings (SSSR count). The fourth-order valence-corrected chi connectivity index (χ4v) is 3.68. The largest absolute Gasteiger partial charge is 0.338 e. The summed E-state index contributed by atoms with van der Waals surface area (Å²) in [7, 11) is 0. The monoisotopic (exact) mass is 280 g/mol. The van der Waals surface area contributed by atoms with Crippen LogP contribution in [0, 0.1) is 0 Å². The zero-order chi connectivity index (χ0) is 13.2. The average Bonchev–Trinajstić information content (AvgIpc) is 3.17. The Balaban J connectivity index is 1.55. The fraction of sp³-hybridized carbons (Fsp3) is 0.769. The molecular weight excluding hydrogens is 260 g/mol. The van der Waals surface area contributed by atoms with Crippen molar-refractivity contribution in [3.05, 3.63) is 10.0 Å². The Morgan fingerprint density at radius 3 is 2.32 bits per heavy atom. The third kappa shape index (κ3) is 2.88. The van der Waals surface area contributed by atoms with Crippen molar-refractivity contribution < 1.29 is 4.79 Å². The highest BCUT2D eigenvalue weighted by molar-refractivity contribution is 7.11. The Morgan fingerprint density at radius 2 is 1.79 bits per heavy atom. The average molecular weight is 280 g/mol. The van der Waals surface area contributed by atoms with Gasteiger partial charge in [-0.3, -0.25) is 0 Å². The third-order valence-corrected chi connectivity index (χ3v) is 5.09. The highest BCUT2D eigenvalue weighted by Gasteiger charge is 2.30. The fourth-order valence-electron chi connectivity index (χ4n) is 2.50. The summed E-state index contributed by atoms with van der Waals surface area (Å²) < 4.78 is 0. The number of hydrogen-bond acceptors (Lipinski definition) is 4. The molecule has 2 fully saturated rings. The second kappa shape index (κ2) is 5.45. The Bertz CT molecular complexity index is 449. The van der Waals surface area contributed by atoms with Crippen molar-refractivity contribution in [3.63, 3.8) is 0 Å². The molecule has 5 nitrogen and oxygen atoms in total. The van der Waals surface area contributed by atoms with Crippen molar-refractivity contribution >= 4 is 17.4 Å². The third-order valence-electron chi connectivity index (χ3n) is 3.84. The summed E-state index contributed by atoms with van der Waals surface area (Å²) in [6, 6.07) is 0.0666. The SMILES string of the molecule is CCNC(=O)N1CCC(c2nnc(C3CC3)s2)CC1. The van der Waals surface area contributed by atoms with Gasteiger partial charge in [-0.2, -0.15) is 0 Å². The number of likely N-dealkylation sites (tertiary alicyclic amines) is 1. The second-order valence-corrected chi connectivity index (χ2v) is 6.39. The van der Waals surface area contributed by atoms with Gasteiger partial charge in [-0.25, -0.2) is 4.79 Å². The summed E-state index contributed by atoms with van der Waals surface area (Å²) >= 11 is 1.79. The van der Waals surface area contributed by atoms with E-state index in [1.165, 1.54) is 22.9 Å². The molecule has 104 valence electrons. The Kier molecular flexibility index (Phi) is 3.68. The van der Waals surface area contributed by atoms with E-state index >= 15 is 0 Å². The van der Waals surface area contributed by atoms with Gasteiger partial charge >= 0.3 is 6.03 Å². The van der Waals surface area contributed by atoms with Crippen molar-refractivity contribution in [2.24, 2.45) is 0 Å². The molecular formula is C13H20N4OS. The van der Waals surface area contributed by atoms with Crippen LogP contribution in [-0.4, -0.2) is 40.8 Å². The van der Waals surface area contributed by atoms with Crippen LogP contribution in [-0.2, 0) is 0 Å². The number of carbonyl (C=O) groups is 1. The van der Waals surface area contributed by atoms with Crippen LogP contribution in [0.4, 0.5) is 4.79 Å². The molecule has 0 atom stereocenters. The molecule has 1 aliphatic carbocycles. The van der Waals surface area contributed by atoms with Gasteiger partial charge in [0.1, 0.15) is 10.0 Å². The maximum atomic E-state index is 11.7. The van der Waals surface area contributed by atoms with E-state index in [1.807, 2.05) is 11.8 Å². The summed E-state index contributed by atoms with van der Waals surface area (Å²) in [6.45, 7) is 4.30. The van der Waals surface area contributed by atoms with E-state index in [-0.39, 0.29) is 6.03 Å². The molecule has 1 aliphatic heterocycles. The van der Waals surface area contributed by atoms with Crippen LogP contribution in [0.1, 0.15) is 54.5 Å². The number of amides is 2. The number of nitrogens with one attached hydrogen (secondary N) is 1. The molecule has 0 spiro atoms. The van der Waals surface area contributed by atoms with Gasteiger partial charge in [0.15, 0.2) is 0 Å². The molecule has 1 saturated heterocycles. The molecule has 2 aliphatic rings. The van der Waals surface area contributed by atoms with Gasteiger partial charge in [0, 0.05) is 31.5 Å². The number of hydrogen-bond donors (Lipinski definition) is 1. The van der Waals surface area contributed by atoms with Gasteiger partial charge in [0.2, 0.25) is 0 Å². The predicted molar refractivity (Wildman–Crippen MR) is 74.5 cm³/mol. The van der Waals surface area contributed by atoms with E-state index in [0.29, 0.717) is 18.4 Å². The van der Waals surface area contributed by atoms with Crippen molar-refractivity contribution in [1.29, 1.82) is 0 Å². The van der Waals surface area contributed by atoms with E-state index in [0.717, 1.165) is 25.9 Å². The number of carbonyl (C=O) groups excluding carboxylic acids is 1. The van der Waals surface area contributed by atoms with Crippen LogP contribution >= 0.6 is 11.3 Å². The van der Waals surface area contributed by atoms with Crippen LogP contribution in [0.15, 0.2) is 0 Å². The Morgan fingerprint density at radius 1 is 1.21 bits per heavy atom. The molecule has 1 aromatic heterocycles. The van der Waals surface area contributed by atoms with E-state index in [9.17, 15) is 4.79 Å². The van der Waals surface area contributed by atoms with Gasteiger partial charge in [-0.15, -0.1) is 21.5 Å². The second-order valence-electron chi connectivity index (χ2n) is 5.35. The van der Waals surface area contributed by atoms with Crippen molar-refractivity contribution in [3.8, 4) is 0 Å². The van der Waals surface area contributed by atoms with E-state index in [2.05, 4.69) is 15.5 Å². The molecule has 1 saturated carbocycles. The minimum atomic E-state index is 0.0666. The van der Waals surface area contributed by atoms with Crippen LogP contribution < -0.4 is 5.32 Å². The van der Waals surface area contributed by atoms with Crippen molar-refractivity contribution in [1.82, 2.24) is 20.4 Å². The number of piperidine rings is 1. The van der Waals surface area contributed by atoms with E-state index in [1.54, 1.807) is 11.3 Å². The standard InChI is InChI=1S/C13H20N4OS/c1-2-14-13(18)17-7-5-10(6-8-17)12-16-15-11(19-12)9-3-4-9/h9-10H,2-8H2,1H3,(H,14,18). The zero-order valence-electron chi connectivity index (χ0n) is 11.3. The van der Waals surface area contributed by atoms with Gasteiger partial charge < -0.3 is 10.2 Å². The summed E-state index contributed by atoms with van der Waals surface area (Å²) in [6.07, 6.45) is 4.58. The molecule has 6 heteroatoms. The molecule has 19 heavy (non-hydrogen) atoms. The quantitative estimate of drug-likeness (QED) is 0.924. The smallest absolute Gasteiger partial charge is 0.317 e. The number of aromatic nitrogens is 2. The van der Waals surface area contributed by atoms with Crippen LogP contribution in [0.25, 0.3) is 0 Å². The normalized spacial score (nSPS) is 20.6. The van der Waals surface area contributed by atoms with E-state index < -0.39 is 0 Å². The summed E-state index contributed by atoms with van der Waals surface area (Å²) in [5.74, 6) is 1.19. The predicted octanol–water partition coefficient (Wildman–Crippen LogP) is 2.32. The molecule has 0 radical (unpaired) electrons. The lowest BCUT2D eigenvalue weighted by atomic mass is 9.98. The first-order valence-electron chi connectivity index (χ1n) is 7.14. The molecule has 0 aromatic carbocycles. The topological polar surface area (TPSA) is 58.1 Å². The Labute approximate surface area is 117 Å². The molecule has 1 aromatic rings. The summed E-state index contributed by atoms with van der Waals surface area (Å²) in [5, 5.41) is 13.9. The lowest BCUT2D eigenvalue weighted by Crippen LogP contribution is -2.44. The van der Waals surface area contributed by atoms with Gasteiger partial charge in [0.05, 0.1) is 0 Å². The molecule has 2 heterocycles. The van der Waals surface area contributed by atoms with Crippen LogP contribution in [0.5, 0.6) is 0 Å². The lowest BCUT2D eigenvalue weighted by Gasteiger charge is -2.30.